The van der Waals surface area contributed by atoms with Gasteiger partial charge in [0, 0.05) is 12.6 Å². The number of amides is 1. The van der Waals surface area contributed by atoms with E-state index < -0.39 is 6.04 Å². The van der Waals surface area contributed by atoms with Gasteiger partial charge in [0.25, 0.3) is 0 Å². The first-order chi connectivity index (χ1) is 7.62. The Hall–Kier alpha value is -0.610. The molecular weight excluding hydrogens is 204 g/mol. The van der Waals surface area contributed by atoms with E-state index in [9.17, 15) is 4.79 Å². The third-order valence-electron chi connectivity index (χ3n) is 2.92. The predicted molar refractivity (Wildman–Crippen MR) is 66.1 cm³/mol. The van der Waals surface area contributed by atoms with Crippen LogP contribution in [0.1, 0.15) is 46.5 Å². The molecule has 0 fully saturated rings. The Balaban J connectivity index is 4.55. The van der Waals surface area contributed by atoms with Crippen molar-refractivity contribution >= 4 is 5.91 Å². The number of nitrogens with zero attached hydrogens (tertiary/aromatic N) is 1. The van der Waals surface area contributed by atoms with Crippen molar-refractivity contribution in [2.75, 3.05) is 13.2 Å². The first-order valence-corrected chi connectivity index (χ1v) is 6.29. The smallest absolute Gasteiger partial charge is 0.239 e. The van der Waals surface area contributed by atoms with Crippen LogP contribution < -0.4 is 5.73 Å². The van der Waals surface area contributed by atoms with Gasteiger partial charge in [-0.05, 0) is 19.3 Å². The molecule has 16 heavy (non-hydrogen) atoms. The number of hydrogen-bond donors (Lipinski definition) is 2. The van der Waals surface area contributed by atoms with Crippen molar-refractivity contribution in [2.24, 2.45) is 5.73 Å². The molecule has 4 nitrogen and oxygen atoms in total. The first kappa shape index (κ1) is 15.4. The fourth-order valence-corrected chi connectivity index (χ4v) is 1.96. The summed E-state index contributed by atoms with van der Waals surface area (Å²) in [5.41, 5.74) is 5.83. The Morgan fingerprint density at radius 2 is 1.88 bits per heavy atom. The van der Waals surface area contributed by atoms with E-state index in [1.54, 1.807) is 4.90 Å². The van der Waals surface area contributed by atoms with Gasteiger partial charge in [0.2, 0.25) is 5.91 Å². The SMILES string of the molecule is CCC[C@@H](N)C(=O)N(CCO)C(CC)CC. The van der Waals surface area contributed by atoms with Crippen molar-refractivity contribution < 1.29 is 9.90 Å². The van der Waals surface area contributed by atoms with Crippen molar-refractivity contribution in [2.45, 2.75) is 58.5 Å². The van der Waals surface area contributed by atoms with Crippen molar-refractivity contribution in [3.63, 3.8) is 0 Å². The lowest BCUT2D eigenvalue weighted by molar-refractivity contribution is -0.135. The van der Waals surface area contributed by atoms with Gasteiger partial charge in [-0.15, -0.1) is 0 Å². The van der Waals surface area contributed by atoms with E-state index in [0.29, 0.717) is 13.0 Å². The molecule has 0 heterocycles. The van der Waals surface area contributed by atoms with E-state index in [1.165, 1.54) is 0 Å². The number of aliphatic hydroxyl groups is 1. The number of carbonyl (C=O) groups is 1. The van der Waals surface area contributed by atoms with Gasteiger partial charge < -0.3 is 15.7 Å². The highest BCUT2D eigenvalue weighted by Crippen LogP contribution is 2.11. The van der Waals surface area contributed by atoms with E-state index in [4.69, 9.17) is 10.8 Å². The van der Waals surface area contributed by atoms with Crippen molar-refractivity contribution in [3.05, 3.63) is 0 Å². The molecule has 0 aliphatic heterocycles. The van der Waals surface area contributed by atoms with Crippen LogP contribution in [0.25, 0.3) is 0 Å². The highest BCUT2D eigenvalue weighted by atomic mass is 16.3. The zero-order valence-corrected chi connectivity index (χ0v) is 10.8. The zero-order chi connectivity index (χ0) is 12.6. The number of carbonyl (C=O) groups excluding carboxylic acids is 1. The van der Waals surface area contributed by atoms with Gasteiger partial charge in [0.15, 0.2) is 0 Å². The Labute approximate surface area is 98.8 Å². The summed E-state index contributed by atoms with van der Waals surface area (Å²) >= 11 is 0. The molecule has 1 atom stereocenters. The lowest BCUT2D eigenvalue weighted by Crippen LogP contribution is -2.49. The molecule has 0 radical (unpaired) electrons. The molecule has 0 rings (SSSR count). The van der Waals surface area contributed by atoms with Gasteiger partial charge in [0.1, 0.15) is 0 Å². The minimum atomic E-state index is -0.419. The fourth-order valence-electron chi connectivity index (χ4n) is 1.96. The van der Waals surface area contributed by atoms with Crippen LogP contribution in [0.15, 0.2) is 0 Å². The summed E-state index contributed by atoms with van der Waals surface area (Å²) < 4.78 is 0. The Kier molecular flexibility index (Phi) is 8.21. The summed E-state index contributed by atoms with van der Waals surface area (Å²) in [6, 6.07) is -0.222. The van der Waals surface area contributed by atoms with E-state index in [1.807, 2.05) is 6.92 Å². The van der Waals surface area contributed by atoms with Crippen LogP contribution in [-0.2, 0) is 4.79 Å². The molecule has 0 spiro atoms. The molecule has 3 N–H and O–H groups in total. The molecule has 0 aliphatic carbocycles. The molecule has 0 saturated heterocycles. The standard InChI is InChI=1S/C12H26N2O2/c1-4-7-11(13)12(16)14(8-9-15)10(5-2)6-3/h10-11,15H,4-9,13H2,1-3H3/t11-/m1/s1. The van der Waals surface area contributed by atoms with Crippen LogP contribution in [0.5, 0.6) is 0 Å². The molecule has 0 aromatic heterocycles. The maximum absolute atomic E-state index is 12.1. The molecule has 0 unspecified atom stereocenters. The monoisotopic (exact) mass is 230 g/mol. The summed E-state index contributed by atoms with van der Waals surface area (Å²) in [6.45, 7) is 6.51. The molecule has 0 bridgehead atoms. The average Bonchev–Trinajstić information content (AvgIpc) is 2.29. The highest BCUT2D eigenvalue weighted by molar-refractivity contribution is 5.81. The van der Waals surface area contributed by atoms with Crippen molar-refractivity contribution in [1.82, 2.24) is 4.90 Å². The van der Waals surface area contributed by atoms with Crippen LogP contribution >= 0.6 is 0 Å². The van der Waals surface area contributed by atoms with E-state index in [-0.39, 0.29) is 18.6 Å². The fraction of sp³-hybridized carbons (Fsp3) is 0.917. The van der Waals surface area contributed by atoms with Crippen LogP contribution in [0.2, 0.25) is 0 Å². The second kappa shape index (κ2) is 8.53. The van der Waals surface area contributed by atoms with Crippen molar-refractivity contribution in [1.29, 1.82) is 0 Å². The molecule has 4 heteroatoms. The quantitative estimate of drug-likeness (QED) is 0.656. The topological polar surface area (TPSA) is 66.6 Å². The van der Waals surface area contributed by atoms with Gasteiger partial charge in [-0.2, -0.15) is 0 Å². The maximum atomic E-state index is 12.1. The molecule has 96 valence electrons. The predicted octanol–water partition coefficient (Wildman–Crippen LogP) is 1.12. The van der Waals surface area contributed by atoms with Crippen molar-refractivity contribution in [3.8, 4) is 0 Å². The highest BCUT2D eigenvalue weighted by Gasteiger charge is 2.24. The Morgan fingerprint density at radius 3 is 2.25 bits per heavy atom. The third kappa shape index (κ3) is 4.49. The summed E-state index contributed by atoms with van der Waals surface area (Å²) in [4.78, 5) is 13.8. The van der Waals surface area contributed by atoms with Crippen LogP contribution in [0, 0.1) is 0 Å². The Morgan fingerprint density at radius 1 is 1.31 bits per heavy atom. The lowest BCUT2D eigenvalue weighted by atomic mass is 10.1. The van der Waals surface area contributed by atoms with Gasteiger partial charge in [-0.3, -0.25) is 4.79 Å². The van der Waals surface area contributed by atoms with Gasteiger partial charge in [-0.1, -0.05) is 27.2 Å². The van der Waals surface area contributed by atoms with E-state index in [2.05, 4.69) is 13.8 Å². The maximum Gasteiger partial charge on any atom is 0.239 e. The van der Waals surface area contributed by atoms with Gasteiger partial charge in [-0.25, -0.2) is 0 Å². The van der Waals surface area contributed by atoms with Gasteiger partial charge in [0.05, 0.1) is 12.6 Å². The normalized spacial score (nSPS) is 12.9. The number of rotatable bonds is 8. The molecule has 0 aliphatic rings. The minimum absolute atomic E-state index is 0.00108. The summed E-state index contributed by atoms with van der Waals surface area (Å²) in [7, 11) is 0. The molecule has 1 amide bonds. The second-order valence-corrected chi connectivity index (χ2v) is 4.12. The van der Waals surface area contributed by atoms with E-state index in [0.717, 1.165) is 19.3 Å². The molecule has 0 aromatic rings. The largest absolute Gasteiger partial charge is 0.395 e. The molecule has 0 aromatic carbocycles. The third-order valence-corrected chi connectivity index (χ3v) is 2.92. The lowest BCUT2D eigenvalue weighted by Gasteiger charge is -2.32. The summed E-state index contributed by atoms with van der Waals surface area (Å²) in [5.74, 6) is -0.0235. The molecule has 0 saturated carbocycles. The zero-order valence-electron chi connectivity index (χ0n) is 10.8. The van der Waals surface area contributed by atoms with Crippen LogP contribution in [0.4, 0.5) is 0 Å². The molecular formula is C12H26N2O2. The number of nitrogens with two attached hydrogens (primary N) is 1. The first-order valence-electron chi connectivity index (χ1n) is 6.29. The number of hydrogen-bond acceptors (Lipinski definition) is 3. The van der Waals surface area contributed by atoms with E-state index >= 15 is 0 Å². The van der Waals surface area contributed by atoms with Crippen LogP contribution in [-0.4, -0.2) is 41.1 Å². The minimum Gasteiger partial charge on any atom is -0.395 e. The summed E-state index contributed by atoms with van der Waals surface area (Å²) in [6.07, 6.45) is 3.42. The van der Waals surface area contributed by atoms with Crippen LogP contribution in [0.3, 0.4) is 0 Å². The van der Waals surface area contributed by atoms with Gasteiger partial charge >= 0.3 is 0 Å². The average molecular weight is 230 g/mol. The summed E-state index contributed by atoms with van der Waals surface area (Å²) in [5, 5.41) is 9.00. The Bertz CT molecular complexity index is 193. The second-order valence-electron chi connectivity index (χ2n) is 4.12. The number of aliphatic hydroxyl groups excluding tert-OH is 1.